The molecule has 0 aromatic heterocycles. The zero-order valence-corrected chi connectivity index (χ0v) is 13.7. The Morgan fingerprint density at radius 3 is 2.75 bits per heavy atom. The summed E-state index contributed by atoms with van der Waals surface area (Å²) in [4.78, 5) is 11.9. The lowest BCUT2D eigenvalue weighted by Crippen LogP contribution is -2.34. The molecule has 1 aliphatic rings. The Bertz CT molecular complexity index is 679. The predicted octanol–water partition coefficient (Wildman–Crippen LogP) is 3.66. The Kier molecular flexibility index (Phi) is 5.33. The van der Waals surface area contributed by atoms with Crippen LogP contribution in [0.3, 0.4) is 0 Å². The number of hydrogen-bond acceptors (Lipinski definition) is 3. The molecule has 126 valence electrons. The van der Waals surface area contributed by atoms with E-state index in [1.54, 1.807) is 7.11 Å². The van der Waals surface area contributed by atoms with Crippen molar-refractivity contribution in [2.24, 2.45) is 0 Å². The van der Waals surface area contributed by atoms with Gasteiger partial charge in [-0.25, -0.2) is 4.79 Å². The summed E-state index contributed by atoms with van der Waals surface area (Å²) in [6.45, 7) is 1.34. The molecule has 2 N–H and O–H groups in total. The zero-order chi connectivity index (χ0) is 16.8. The number of carbonyl (C=O) groups excluding carboxylic acids is 1. The van der Waals surface area contributed by atoms with Crippen molar-refractivity contribution in [2.45, 2.75) is 18.9 Å². The highest BCUT2D eigenvalue weighted by Gasteiger charge is 2.16. The first-order valence-corrected chi connectivity index (χ1v) is 8.15. The fourth-order valence-corrected chi connectivity index (χ4v) is 2.74. The first kappa shape index (κ1) is 16.3. The van der Waals surface area contributed by atoms with Crippen molar-refractivity contribution in [1.29, 1.82) is 0 Å². The molecule has 1 fully saturated rings. The molecule has 0 unspecified atom stereocenters. The monoisotopic (exact) mass is 326 g/mol. The SMILES string of the molecule is COc1cccc(-c2ccc(NC(=O)NC[C@H]3CCCO3)cc2)c1. The van der Waals surface area contributed by atoms with Gasteiger partial charge in [-0.3, -0.25) is 0 Å². The van der Waals surface area contributed by atoms with Crippen LogP contribution in [0.4, 0.5) is 10.5 Å². The van der Waals surface area contributed by atoms with Crippen LogP contribution in [0, 0.1) is 0 Å². The van der Waals surface area contributed by atoms with Gasteiger partial charge in [0.25, 0.3) is 0 Å². The minimum Gasteiger partial charge on any atom is -0.497 e. The lowest BCUT2D eigenvalue weighted by molar-refractivity contribution is 0.112. The van der Waals surface area contributed by atoms with Crippen molar-refractivity contribution in [3.05, 3.63) is 48.5 Å². The van der Waals surface area contributed by atoms with E-state index in [1.807, 2.05) is 48.5 Å². The fourth-order valence-electron chi connectivity index (χ4n) is 2.74. The molecule has 5 nitrogen and oxygen atoms in total. The van der Waals surface area contributed by atoms with E-state index >= 15 is 0 Å². The summed E-state index contributed by atoms with van der Waals surface area (Å²) in [5, 5.41) is 5.68. The molecule has 0 aliphatic carbocycles. The Balaban J connectivity index is 1.56. The maximum atomic E-state index is 11.9. The molecule has 24 heavy (non-hydrogen) atoms. The van der Waals surface area contributed by atoms with E-state index in [0.717, 1.165) is 42.0 Å². The average Bonchev–Trinajstić information content (AvgIpc) is 3.14. The number of hydrogen-bond donors (Lipinski definition) is 2. The van der Waals surface area contributed by atoms with Gasteiger partial charge in [0.15, 0.2) is 0 Å². The second-order valence-corrected chi connectivity index (χ2v) is 5.78. The smallest absolute Gasteiger partial charge is 0.319 e. The Labute approximate surface area is 142 Å². The van der Waals surface area contributed by atoms with Crippen molar-refractivity contribution in [3.8, 4) is 16.9 Å². The first-order chi connectivity index (χ1) is 11.7. The first-order valence-electron chi connectivity index (χ1n) is 8.15. The highest BCUT2D eigenvalue weighted by Crippen LogP contribution is 2.25. The second kappa shape index (κ2) is 7.84. The van der Waals surface area contributed by atoms with E-state index in [4.69, 9.17) is 9.47 Å². The third-order valence-corrected chi connectivity index (χ3v) is 4.06. The molecule has 5 heteroatoms. The van der Waals surface area contributed by atoms with Crippen molar-refractivity contribution >= 4 is 11.7 Å². The van der Waals surface area contributed by atoms with E-state index in [2.05, 4.69) is 10.6 Å². The lowest BCUT2D eigenvalue weighted by Gasteiger charge is -2.12. The summed E-state index contributed by atoms with van der Waals surface area (Å²) in [6, 6.07) is 15.4. The highest BCUT2D eigenvalue weighted by molar-refractivity contribution is 5.89. The van der Waals surface area contributed by atoms with Gasteiger partial charge in [-0.1, -0.05) is 24.3 Å². The normalized spacial score (nSPS) is 16.6. The number of amides is 2. The molecule has 1 aliphatic heterocycles. The number of carbonyl (C=O) groups is 1. The molecule has 0 spiro atoms. The quantitative estimate of drug-likeness (QED) is 0.881. The number of ether oxygens (including phenoxy) is 2. The number of rotatable bonds is 5. The van der Waals surface area contributed by atoms with E-state index in [-0.39, 0.29) is 12.1 Å². The van der Waals surface area contributed by atoms with Crippen LogP contribution in [-0.2, 0) is 4.74 Å². The van der Waals surface area contributed by atoms with Gasteiger partial charge >= 0.3 is 6.03 Å². The highest BCUT2D eigenvalue weighted by atomic mass is 16.5. The van der Waals surface area contributed by atoms with E-state index in [9.17, 15) is 4.79 Å². The van der Waals surface area contributed by atoms with Gasteiger partial charge in [0.1, 0.15) is 5.75 Å². The number of anilines is 1. The molecule has 1 heterocycles. The minimum atomic E-state index is -0.209. The molecular weight excluding hydrogens is 304 g/mol. The summed E-state index contributed by atoms with van der Waals surface area (Å²) in [6.07, 6.45) is 2.22. The van der Waals surface area contributed by atoms with E-state index in [1.165, 1.54) is 0 Å². The Hall–Kier alpha value is -2.53. The molecular formula is C19H22N2O3. The molecule has 3 rings (SSSR count). The van der Waals surface area contributed by atoms with Crippen LogP contribution in [0.15, 0.2) is 48.5 Å². The van der Waals surface area contributed by atoms with Crippen molar-refractivity contribution in [3.63, 3.8) is 0 Å². The molecule has 2 aromatic rings. The maximum absolute atomic E-state index is 11.9. The van der Waals surface area contributed by atoms with Gasteiger partial charge in [0.2, 0.25) is 0 Å². The third-order valence-electron chi connectivity index (χ3n) is 4.06. The van der Waals surface area contributed by atoms with Crippen molar-refractivity contribution in [1.82, 2.24) is 5.32 Å². The number of nitrogens with one attached hydrogen (secondary N) is 2. The summed E-state index contributed by atoms with van der Waals surface area (Å²) in [7, 11) is 1.65. The van der Waals surface area contributed by atoms with Crippen LogP contribution in [-0.4, -0.2) is 32.4 Å². The zero-order valence-electron chi connectivity index (χ0n) is 13.7. The number of urea groups is 1. The second-order valence-electron chi connectivity index (χ2n) is 5.78. The third kappa shape index (κ3) is 4.26. The Morgan fingerprint density at radius 1 is 1.21 bits per heavy atom. The fraction of sp³-hybridized carbons (Fsp3) is 0.316. The molecule has 0 radical (unpaired) electrons. The summed E-state index contributed by atoms with van der Waals surface area (Å²) >= 11 is 0. The van der Waals surface area contributed by atoms with Crippen molar-refractivity contribution in [2.75, 3.05) is 25.6 Å². The van der Waals surface area contributed by atoms with Crippen LogP contribution < -0.4 is 15.4 Å². The standard InChI is InChI=1S/C19H22N2O3/c1-23-17-5-2-4-15(12-17)14-7-9-16(10-8-14)21-19(22)20-13-18-6-3-11-24-18/h2,4-5,7-10,12,18H,3,6,11,13H2,1H3,(H2,20,21,22)/t18-/m1/s1. The van der Waals surface area contributed by atoms with Crippen LogP contribution >= 0.6 is 0 Å². The van der Waals surface area contributed by atoms with Crippen LogP contribution in [0.2, 0.25) is 0 Å². The summed E-state index contributed by atoms with van der Waals surface area (Å²) in [5.41, 5.74) is 2.90. The number of benzene rings is 2. The molecule has 0 bridgehead atoms. The molecule has 1 saturated heterocycles. The average molecular weight is 326 g/mol. The van der Waals surface area contributed by atoms with Crippen LogP contribution in [0.25, 0.3) is 11.1 Å². The van der Waals surface area contributed by atoms with Gasteiger partial charge in [0, 0.05) is 18.8 Å². The van der Waals surface area contributed by atoms with E-state index in [0.29, 0.717) is 6.54 Å². The van der Waals surface area contributed by atoms with Crippen LogP contribution in [0.5, 0.6) is 5.75 Å². The Morgan fingerprint density at radius 2 is 2.04 bits per heavy atom. The summed E-state index contributed by atoms with van der Waals surface area (Å²) < 4.78 is 10.7. The van der Waals surface area contributed by atoms with Gasteiger partial charge in [-0.15, -0.1) is 0 Å². The minimum absolute atomic E-state index is 0.145. The molecule has 0 saturated carbocycles. The van der Waals surface area contributed by atoms with Gasteiger partial charge in [0.05, 0.1) is 13.2 Å². The van der Waals surface area contributed by atoms with Gasteiger partial charge in [-0.2, -0.15) is 0 Å². The lowest BCUT2D eigenvalue weighted by atomic mass is 10.1. The van der Waals surface area contributed by atoms with Crippen LogP contribution in [0.1, 0.15) is 12.8 Å². The van der Waals surface area contributed by atoms with Crippen molar-refractivity contribution < 1.29 is 14.3 Å². The largest absolute Gasteiger partial charge is 0.497 e. The predicted molar refractivity (Wildman–Crippen MR) is 94.4 cm³/mol. The topological polar surface area (TPSA) is 59.6 Å². The number of methoxy groups -OCH3 is 1. The summed E-state index contributed by atoms with van der Waals surface area (Å²) in [5.74, 6) is 0.822. The maximum Gasteiger partial charge on any atom is 0.319 e. The van der Waals surface area contributed by atoms with E-state index < -0.39 is 0 Å². The molecule has 2 amide bonds. The van der Waals surface area contributed by atoms with Gasteiger partial charge < -0.3 is 20.1 Å². The molecule has 2 aromatic carbocycles. The van der Waals surface area contributed by atoms with Gasteiger partial charge in [-0.05, 0) is 48.2 Å². The molecule has 1 atom stereocenters.